The zero-order valence-electron chi connectivity index (χ0n) is 18.0. The molecule has 3 N–H and O–H groups in total. The van der Waals surface area contributed by atoms with Gasteiger partial charge in [-0.3, -0.25) is 0 Å². The van der Waals surface area contributed by atoms with Gasteiger partial charge in [0.1, 0.15) is 24.1 Å². The number of hydrogen-bond donors (Lipinski definition) is 2. The Morgan fingerprint density at radius 1 is 0.970 bits per heavy atom. The van der Waals surface area contributed by atoms with Crippen molar-refractivity contribution in [2.45, 2.75) is 13.2 Å². The molecule has 9 heteroatoms. The summed E-state index contributed by atoms with van der Waals surface area (Å²) in [5, 5.41) is 2.71. The first kappa shape index (κ1) is 23.9. The number of carbonyl (C=O) groups excluding carboxylic acids is 1. The number of nitrogens with two attached hydrogens (primary N) is 1. The molecule has 0 aliphatic heterocycles. The second-order valence-corrected chi connectivity index (χ2v) is 7.16. The van der Waals surface area contributed by atoms with Gasteiger partial charge in [0.25, 0.3) is 0 Å². The zero-order chi connectivity index (χ0) is 23.8. The Balaban J connectivity index is 1.69. The smallest absolute Gasteiger partial charge is 0.322 e. The molecular weight excluding hydrogens is 435 g/mol. The molecule has 0 aliphatic rings. The van der Waals surface area contributed by atoms with Crippen molar-refractivity contribution in [1.82, 2.24) is 4.90 Å². The average Bonchev–Trinajstić information content (AvgIpc) is 2.80. The molecule has 3 aromatic rings. The van der Waals surface area contributed by atoms with E-state index in [4.69, 9.17) is 15.2 Å². The van der Waals surface area contributed by atoms with Gasteiger partial charge in [-0.2, -0.15) is 0 Å². The van der Waals surface area contributed by atoms with Crippen LogP contribution < -0.4 is 20.5 Å². The molecule has 3 aromatic carbocycles. The standard InChI is InChI=1S/C24H24F3N3O3/c1-32-23-12-16(2-9-22(23)33-15-17-3-4-19(26)13-21(17)27)14-30(11-10-28)24(31)29-20-7-5-18(25)6-8-20/h2-9,12-13H,10-11,14-15,28H2,1H3,(H,29,31). The molecule has 0 saturated heterocycles. The minimum Gasteiger partial charge on any atom is -0.493 e. The van der Waals surface area contributed by atoms with Crippen molar-refractivity contribution in [2.24, 2.45) is 5.73 Å². The van der Waals surface area contributed by atoms with Crippen molar-refractivity contribution in [3.63, 3.8) is 0 Å². The number of hydrogen-bond acceptors (Lipinski definition) is 4. The Hall–Kier alpha value is -3.72. The summed E-state index contributed by atoms with van der Waals surface area (Å²) < 4.78 is 51.0. The maximum absolute atomic E-state index is 13.8. The molecule has 0 radical (unpaired) electrons. The lowest BCUT2D eigenvalue weighted by Gasteiger charge is -2.23. The number of rotatable bonds is 9. The average molecular weight is 459 g/mol. The molecular formula is C24H24F3N3O3. The van der Waals surface area contributed by atoms with Gasteiger partial charge in [0.15, 0.2) is 11.5 Å². The zero-order valence-corrected chi connectivity index (χ0v) is 18.0. The number of benzene rings is 3. The number of urea groups is 1. The van der Waals surface area contributed by atoms with E-state index in [-0.39, 0.29) is 31.8 Å². The molecule has 0 heterocycles. The van der Waals surface area contributed by atoms with Gasteiger partial charge < -0.3 is 25.4 Å². The molecule has 0 fully saturated rings. The van der Waals surface area contributed by atoms with Crippen LogP contribution >= 0.6 is 0 Å². The fraction of sp³-hybridized carbons (Fsp3) is 0.208. The summed E-state index contributed by atoms with van der Waals surface area (Å²) in [6, 6.07) is 13.4. The molecule has 0 aliphatic carbocycles. The minimum absolute atomic E-state index is 0.110. The van der Waals surface area contributed by atoms with Crippen molar-refractivity contribution in [1.29, 1.82) is 0 Å². The first-order valence-corrected chi connectivity index (χ1v) is 10.1. The maximum Gasteiger partial charge on any atom is 0.322 e. The summed E-state index contributed by atoms with van der Waals surface area (Å²) >= 11 is 0. The Labute approximate surface area is 189 Å². The van der Waals surface area contributed by atoms with Gasteiger partial charge in [0.05, 0.1) is 7.11 Å². The normalized spacial score (nSPS) is 10.6. The number of amides is 2. The summed E-state index contributed by atoms with van der Waals surface area (Å²) in [6.45, 7) is 0.657. The second-order valence-electron chi connectivity index (χ2n) is 7.16. The van der Waals surface area contributed by atoms with Gasteiger partial charge in [0, 0.05) is 37.0 Å². The maximum atomic E-state index is 13.8. The summed E-state index contributed by atoms with van der Waals surface area (Å²) in [7, 11) is 1.46. The molecule has 0 atom stereocenters. The SMILES string of the molecule is COc1cc(CN(CCN)C(=O)Nc2ccc(F)cc2)ccc1OCc1ccc(F)cc1F. The number of anilines is 1. The van der Waals surface area contributed by atoms with E-state index < -0.39 is 23.5 Å². The Morgan fingerprint density at radius 2 is 1.70 bits per heavy atom. The van der Waals surface area contributed by atoms with Crippen LogP contribution in [0, 0.1) is 17.5 Å². The van der Waals surface area contributed by atoms with Gasteiger partial charge in [-0.05, 0) is 54.1 Å². The molecule has 0 saturated carbocycles. The first-order chi connectivity index (χ1) is 15.9. The quantitative estimate of drug-likeness (QED) is 0.487. The van der Waals surface area contributed by atoms with Gasteiger partial charge in [0.2, 0.25) is 0 Å². The van der Waals surface area contributed by atoms with E-state index >= 15 is 0 Å². The number of methoxy groups -OCH3 is 1. The highest BCUT2D eigenvalue weighted by molar-refractivity contribution is 5.89. The van der Waals surface area contributed by atoms with E-state index in [1.54, 1.807) is 18.2 Å². The van der Waals surface area contributed by atoms with E-state index in [9.17, 15) is 18.0 Å². The van der Waals surface area contributed by atoms with Crippen LogP contribution in [0.3, 0.4) is 0 Å². The Kier molecular flexibility index (Phi) is 8.15. The predicted molar refractivity (Wildman–Crippen MR) is 119 cm³/mol. The van der Waals surface area contributed by atoms with Crippen molar-refractivity contribution < 1.29 is 27.4 Å². The molecule has 0 unspecified atom stereocenters. The lowest BCUT2D eigenvalue weighted by molar-refractivity contribution is 0.210. The molecule has 0 spiro atoms. The molecule has 174 valence electrons. The fourth-order valence-electron chi connectivity index (χ4n) is 3.09. The number of nitrogens with one attached hydrogen (secondary N) is 1. The van der Waals surface area contributed by atoms with Crippen LogP contribution in [-0.2, 0) is 13.2 Å². The first-order valence-electron chi connectivity index (χ1n) is 10.1. The Bertz CT molecular complexity index is 1090. The van der Waals surface area contributed by atoms with Crippen LogP contribution in [0.2, 0.25) is 0 Å². The minimum atomic E-state index is -0.699. The van der Waals surface area contributed by atoms with Crippen LogP contribution in [0.5, 0.6) is 11.5 Å². The van der Waals surface area contributed by atoms with E-state index in [2.05, 4.69) is 5.32 Å². The van der Waals surface area contributed by atoms with Crippen LogP contribution in [0.4, 0.5) is 23.7 Å². The van der Waals surface area contributed by atoms with E-state index in [0.717, 1.165) is 17.7 Å². The molecule has 0 bridgehead atoms. The highest BCUT2D eigenvalue weighted by Crippen LogP contribution is 2.29. The van der Waals surface area contributed by atoms with Crippen LogP contribution in [0.15, 0.2) is 60.7 Å². The third kappa shape index (κ3) is 6.63. The van der Waals surface area contributed by atoms with Crippen molar-refractivity contribution in [2.75, 3.05) is 25.5 Å². The predicted octanol–water partition coefficient (Wildman–Crippen LogP) is 4.68. The van der Waals surface area contributed by atoms with Crippen LogP contribution in [0.1, 0.15) is 11.1 Å². The van der Waals surface area contributed by atoms with E-state index in [1.807, 2.05) is 0 Å². The molecule has 33 heavy (non-hydrogen) atoms. The lowest BCUT2D eigenvalue weighted by Crippen LogP contribution is -2.38. The number of ether oxygens (including phenoxy) is 2. The number of halogens is 3. The highest BCUT2D eigenvalue weighted by atomic mass is 19.1. The number of carbonyl (C=O) groups is 1. The van der Waals surface area contributed by atoms with Gasteiger partial charge in [-0.25, -0.2) is 18.0 Å². The van der Waals surface area contributed by atoms with E-state index in [0.29, 0.717) is 17.2 Å². The van der Waals surface area contributed by atoms with Crippen molar-refractivity contribution >= 4 is 11.7 Å². The summed E-state index contributed by atoms with van der Waals surface area (Å²) in [4.78, 5) is 14.2. The summed E-state index contributed by atoms with van der Waals surface area (Å²) in [6.07, 6.45) is 0. The summed E-state index contributed by atoms with van der Waals surface area (Å²) in [5.74, 6) is -1.00. The molecule has 2 amide bonds. The number of nitrogens with zero attached hydrogens (tertiary/aromatic N) is 1. The lowest BCUT2D eigenvalue weighted by atomic mass is 10.2. The largest absolute Gasteiger partial charge is 0.493 e. The highest BCUT2D eigenvalue weighted by Gasteiger charge is 2.16. The molecule has 3 rings (SSSR count). The topological polar surface area (TPSA) is 76.8 Å². The van der Waals surface area contributed by atoms with Crippen molar-refractivity contribution in [3.8, 4) is 11.5 Å². The third-order valence-electron chi connectivity index (χ3n) is 4.78. The molecule has 0 aromatic heterocycles. The van der Waals surface area contributed by atoms with Crippen LogP contribution in [0.25, 0.3) is 0 Å². The van der Waals surface area contributed by atoms with E-state index in [1.165, 1.54) is 42.3 Å². The van der Waals surface area contributed by atoms with Gasteiger partial charge >= 0.3 is 6.03 Å². The second kappa shape index (κ2) is 11.2. The third-order valence-corrected chi connectivity index (χ3v) is 4.78. The fourth-order valence-corrected chi connectivity index (χ4v) is 3.09. The molecule has 6 nitrogen and oxygen atoms in total. The monoisotopic (exact) mass is 459 g/mol. The summed E-state index contributed by atoms with van der Waals surface area (Å²) in [5.41, 5.74) is 7.07. The van der Waals surface area contributed by atoms with Crippen molar-refractivity contribution in [3.05, 3.63) is 89.2 Å². The van der Waals surface area contributed by atoms with Gasteiger partial charge in [-0.15, -0.1) is 0 Å². The Morgan fingerprint density at radius 3 is 2.36 bits per heavy atom. The van der Waals surface area contributed by atoms with Crippen LogP contribution in [-0.4, -0.2) is 31.1 Å². The van der Waals surface area contributed by atoms with Gasteiger partial charge in [-0.1, -0.05) is 6.07 Å².